The number of carbonyl (C=O) groups excluding carboxylic acids is 1. The second-order valence-electron chi connectivity index (χ2n) is 4.15. The first-order chi connectivity index (χ1) is 9.94. The van der Waals surface area contributed by atoms with Crippen molar-refractivity contribution in [2.24, 2.45) is 0 Å². The summed E-state index contributed by atoms with van der Waals surface area (Å²) >= 11 is 0. The quantitative estimate of drug-likeness (QED) is 0.888. The van der Waals surface area contributed by atoms with Gasteiger partial charge in [0.15, 0.2) is 17.2 Å². The smallest absolute Gasteiger partial charge is 0.505 e. The SMILES string of the molecule is O=C(Nc1ccc2c(c1)OC(F)(F)O2)c1ncccc1O. The molecule has 2 aromatic rings. The van der Waals surface area contributed by atoms with Gasteiger partial charge in [0, 0.05) is 18.0 Å². The number of halogens is 2. The second kappa shape index (κ2) is 4.58. The molecule has 0 saturated heterocycles. The summed E-state index contributed by atoms with van der Waals surface area (Å²) < 4.78 is 34.3. The number of alkyl halides is 2. The third-order valence-corrected chi connectivity index (χ3v) is 2.66. The molecule has 108 valence electrons. The van der Waals surface area contributed by atoms with Crippen LogP contribution in [0.5, 0.6) is 17.2 Å². The van der Waals surface area contributed by atoms with E-state index in [9.17, 15) is 18.7 Å². The van der Waals surface area contributed by atoms with Crippen LogP contribution < -0.4 is 14.8 Å². The van der Waals surface area contributed by atoms with Crippen molar-refractivity contribution < 1.29 is 28.2 Å². The predicted octanol–water partition coefficient (Wildman–Crippen LogP) is 2.36. The maximum absolute atomic E-state index is 12.9. The number of fused-ring (bicyclic) bond motifs is 1. The minimum Gasteiger partial charge on any atom is -0.505 e. The third-order valence-electron chi connectivity index (χ3n) is 2.66. The Hall–Kier alpha value is -2.90. The Morgan fingerprint density at radius 1 is 1.24 bits per heavy atom. The number of nitrogens with one attached hydrogen (secondary N) is 1. The van der Waals surface area contributed by atoms with Crippen molar-refractivity contribution in [2.45, 2.75) is 6.29 Å². The van der Waals surface area contributed by atoms with E-state index in [1.165, 1.54) is 36.5 Å². The van der Waals surface area contributed by atoms with Crippen LogP contribution in [0.15, 0.2) is 36.5 Å². The lowest BCUT2D eigenvalue weighted by atomic mass is 10.2. The van der Waals surface area contributed by atoms with Gasteiger partial charge in [0.2, 0.25) is 0 Å². The molecule has 1 aromatic carbocycles. The van der Waals surface area contributed by atoms with Crippen LogP contribution in [0.3, 0.4) is 0 Å². The van der Waals surface area contributed by atoms with E-state index in [2.05, 4.69) is 19.8 Å². The standard InChI is InChI=1S/C13H8F2N2O4/c14-13(15)20-9-4-3-7(6-10(9)21-13)17-12(19)11-8(18)2-1-5-16-11/h1-6,18H,(H,17,19). The molecule has 0 radical (unpaired) electrons. The van der Waals surface area contributed by atoms with Gasteiger partial charge in [-0.2, -0.15) is 0 Å². The van der Waals surface area contributed by atoms with Gasteiger partial charge < -0.3 is 19.9 Å². The van der Waals surface area contributed by atoms with Crippen molar-refractivity contribution in [3.8, 4) is 17.2 Å². The number of amides is 1. The Morgan fingerprint density at radius 2 is 2.00 bits per heavy atom. The van der Waals surface area contributed by atoms with Gasteiger partial charge in [-0.05, 0) is 24.3 Å². The van der Waals surface area contributed by atoms with E-state index in [4.69, 9.17) is 0 Å². The number of ether oxygens (including phenoxy) is 2. The summed E-state index contributed by atoms with van der Waals surface area (Å²) in [5, 5.41) is 11.9. The monoisotopic (exact) mass is 294 g/mol. The number of hydrogen-bond acceptors (Lipinski definition) is 5. The molecule has 0 unspecified atom stereocenters. The number of aromatic hydroxyl groups is 1. The van der Waals surface area contributed by atoms with Crippen LogP contribution >= 0.6 is 0 Å². The molecule has 1 aromatic heterocycles. The van der Waals surface area contributed by atoms with E-state index >= 15 is 0 Å². The Morgan fingerprint density at radius 3 is 2.76 bits per heavy atom. The van der Waals surface area contributed by atoms with Crippen molar-refractivity contribution in [2.75, 3.05) is 5.32 Å². The first-order valence-corrected chi connectivity index (χ1v) is 5.80. The summed E-state index contributed by atoms with van der Waals surface area (Å²) in [7, 11) is 0. The van der Waals surface area contributed by atoms with Crippen LogP contribution in [0.4, 0.5) is 14.5 Å². The highest BCUT2D eigenvalue weighted by molar-refractivity contribution is 6.04. The summed E-state index contributed by atoms with van der Waals surface area (Å²) in [5.74, 6) is -1.29. The van der Waals surface area contributed by atoms with Crippen molar-refractivity contribution in [3.63, 3.8) is 0 Å². The number of carbonyl (C=O) groups is 1. The van der Waals surface area contributed by atoms with Crippen molar-refractivity contribution in [3.05, 3.63) is 42.2 Å². The molecule has 0 fully saturated rings. The average Bonchev–Trinajstić information content (AvgIpc) is 2.72. The largest absolute Gasteiger partial charge is 0.586 e. The number of anilines is 1. The van der Waals surface area contributed by atoms with Gasteiger partial charge in [-0.15, -0.1) is 8.78 Å². The molecule has 1 aliphatic heterocycles. The molecule has 1 aliphatic rings. The van der Waals surface area contributed by atoms with Gasteiger partial charge in [-0.25, -0.2) is 4.98 Å². The molecule has 0 atom stereocenters. The highest BCUT2D eigenvalue weighted by atomic mass is 19.3. The summed E-state index contributed by atoms with van der Waals surface area (Å²) in [6, 6.07) is 6.57. The maximum Gasteiger partial charge on any atom is 0.586 e. The topological polar surface area (TPSA) is 80.7 Å². The molecule has 8 heteroatoms. The Kier molecular flexibility index (Phi) is 2.86. The zero-order valence-electron chi connectivity index (χ0n) is 10.3. The number of aromatic nitrogens is 1. The highest BCUT2D eigenvalue weighted by Crippen LogP contribution is 2.42. The molecular weight excluding hydrogens is 286 g/mol. The van der Waals surface area contributed by atoms with E-state index in [1.54, 1.807) is 0 Å². The first kappa shape index (κ1) is 13.1. The van der Waals surface area contributed by atoms with E-state index < -0.39 is 12.2 Å². The van der Waals surface area contributed by atoms with Gasteiger partial charge in [-0.1, -0.05) is 0 Å². The lowest BCUT2D eigenvalue weighted by molar-refractivity contribution is -0.286. The number of rotatable bonds is 2. The average molecular weight is 294 g/mol. The molecular formula is C13H8F2N2O4. The predicted molar refractivity (Wildman–Crippen MR) is 66.5 cm³/mol. The molecule has 0 saturated carbocycles. The van der Waals surface area contributed by atoms with Gasteiger partial charge in [-0.3, -0.25) is 4.79 Å². The maximum atomic E-state index is 12.9. The Labute approximate surface area is 116 Å². The summed E-state index contributed by atoms with van der Waals surface area (Å²) in [6.45, 7) is 0. The zero-order valence-corrected chi connectivity index (χ0v) is 10.3. The normalized spacial score (nSPS) is 14.8. The van der Waals surface area contributed by atoms with Gasteiger partial charge in [0.1, 0.15) is 5.75 Å². The lowest BCUT2D eigenvalue weighted by Crippen LogP contribution is -2.25. The first-order valence-electron chi connectivity index (χ1n) is 5.80. The van der Waals surface area contributed by atoms with Crippen LogP contribution in [-0.2, 0) is 0 Å². The van der Waals surface area contributed by atoms with Crippen LogP contribution in [0.2, 0.25) is 0 Å². The molecule has 2 heterocycles. The molecule has 0 bridgehead atoms. The van der Waals surface area contributed by atoms with Crippen LogP contribution in [-0.4, -0.2) is 22.3 Å². The fourth-order valence-corrected chi connectivity index (χ4v) is 1.79. The highest BCUT2D eigenvalue weighted by Gasteiger charge is 2.43. The van der Waals surface area contributed by atoms with Crippen LogP contribution in [0, 0.1) is 0 Å². The molecule has 2 N–H and O–H groups in total. The van der Waals surface area contributed by atoms with Crippen LogP contribution in [0.25, 0.3) is 0 Å². The fraction of sp³-hybridized carbons (Fsp3) is 0.0769. The van der Waals surface area contributed by atoms with Crippen molar-refractivity contribution in [1.82, 2.24) is 4.98 Å². The molecule has 3 rings (SSSR count). The van der Waals surface area contributed by atoms with E-state index in [0.717, 1.165) is 0 Å². The summed E-state index contributed by atoms with van der Waals surface area (Å²) in [4.78, 5) is 15.6. The number of nitrogens with zero attached hydrogens (tertiary/aromatic N) is 1. The fourth-order valence-electron chi connectivity index (χ4n) is 1.79. The third kappa shape index (κ3) is 2.55. The molecule has 1 amide bonds. The molecule has 21 heavy (non-hydrogen) atoms. The lowest BCUT2D eigenvalue weighted by Gasteiger charge is -2.06. The van der Waals surface area contributed by atoms with Gasteiger partial charge >= 0.3 is 6.29 Å². The molecule has 0 spiro atoms. The van der Waals surface area contributed by atoms with E-state index in [0.29, 0.717) is 0 Å². The summed E-state index contributed by atoms with van der Waals surface area (Å²) in [6.07, 6.45) is -2.38. The number of hydrogen-bond donors (Lipinski definition) is 2. The Bertz CT molecular complexity index is 721. The second-order valence-corrected chi connectivity index (χ2v) is 4.15. The zero-order chi connectivity index (χ0) is 15.0. The van der Waals surface area contributed by atoms with Crippen molar-refractivity contribution >= 4 is 11.6 Å². The Balaban J connectivity index is 1.81. The van der Waals surface area contributed by atoms with Gasteiger partial charge in [0.25, 0.3) is 5.91 Å². The number of benzene rings is 1. The van der Waals surface area contributed by atoms with Crippen molar-refractivity contribution in [1.29, 1.82) is 0 Å². The molecule has 6 nitrogen and oxygen atoms in total. The van der Waals surface area contributed by atoms with E-state index in [-0.39, 0.29) is 28.6 Å². The molecule has 0 aliphatic carbocycles. The number of pyridine rings is 1. The minimum atomic E-state index is -3.72. The van der Waals surface area contributed by atoms with E-state index in [1.807, 2.05) is 0 Å². The van der Waals surface area contributed by atoms with Gasteiger partial charge in [0.05, 0.1) is 0 Å². The van der Waals surface area contributed by atoms with Crippen LogP contribution in [0.1, 0.15) is 10.5 Å². The summed E-state index contributed by atoms with van der Waals surface area (Å²) in [5.41, 5.74) is 0.0191. The minimum absolute atomic E-state index is 0.126.